The number of rotatable bonds is 3. The number of hydrogen-bond acceptors (Lipinski definition) is 4. The molecule has 0 bridgehead atoms. The maximum Gasteiger partial charge on any atom is 0.293 e. The van der Waals surface area contributed by atoms with Crippen LogP contribution in [0.25, 0.3) is 10.2 Å². The van der Waals surface area contributed by atoms with E-state index in [1.807, 2.05) is 6.07 Å². The third-order valence-electron chi connectivity index (χ3n) is 2.88. The minimum atomic E-state index is -0.300. The van der Waals surface area contributed by atoms with Crippen molar-refractivity contribution in [1.82, 2.24) is 4.98 Å². The number of nitrogens with one attached hydrogen (secondary N) is 1. The van der Waals surface area contributed by atoms with E-state index < -0.39 is 0 Å². The normalized spacial score (nSPS) is 10.9. The number of amides is 1. The van der Waals surface area contributed by atoms with Crippen LogP contribution >= 0.6 is 27.3 Å². The van der Waals surface area contributed by atoms with Crippen molar-refractivity contribution in [2.75, 3.05) is 5.32 Å². The second-order valence-electron chi connectivity index (χ2n) is 4.23. The van der Waals surface area contributed by atoms with E-state index in [-0.39, 0.29) is 11.7 Å². The third kappa shape index (κ3) is 2.62. The van der Waals surface area contributed by atoms with Gasteiger partial charge >= 0.3 is 0 Å². The van der Waals surface area contributed by atoms with E-state index in [1.165, 1.54) is 16.9 Å². The molecule has 0 fully saturated rings. The average Bonchev–Trinajstić information content (AvgIpc) is 3.03. The van der Waals surface area contributed by atoms with Crippen LogP contribution in [0.4, 0.5) is 5.13 Å². The maximum absolute atomic E-state index is 12.0. The Morgan fingerprint density at radius 1 is 1.40 bits per heavy atom. The number of benzene rings is 1. The Morgan fingerprint density at radius 3 is 2.95 bits per heavy atom. The van der Waals surface area contributed by atoms with Gasteiger partial charge in [0.05, 0.1) is 10.2 Å². The van der Waals surface area contributed by atoms with Crippen molar-refractivity contribution < 1.29 is 9.21 Å². The SMILES string of the molecule is CCc1ccc2nc(NC(=O)c3ccc(Br)o3)sc2c1. The molecule has 0 atom stereocenters. The number of fused-ring (bicyclic) bond motifs is 1. The second kappa shape index (κ2) is 5.38. The van der Waals surface area contributed by atoms with Crippen molar-refractivity contribution in [2.45, 2.75) is 13.3 Å². The van der Waals surface area contributed by atoms with Gasteiger partial charge in [-0.3, -0.25) is 10.1 Å². The number of nitrogens with zero attached hydrogens (tertiary/aromatic N) is 1. The predicted molar refractivity (Wildman–Crippen MR) is 83.4 cm³/mol. The molecule has 0 radical (unpaired) electrons. The first-order valence-corrected chi connectivity index (χ1v) is 7.73. The molecule has 0 saturated heterocycles. The van der Waals surface area contributed by atoms with E-state index in [2.05, 4.69) is 45.3 Å². The van der Waals surface area contributed by atoms with Crippen LogP contribution in [-0.2, 0) is 6.42 Å². The molecule has 2 heterocycles. The van der Waals surface area contributed by atoms with Crippen LogP contribution < -0.4 is 5.32 Å². The standard InChI is InChI=1S/C14H11BrN2O2S/c1-2-8-3-4-9-11(7-8)20-14(16-9)17-13(18)10-5-6-12(15)19-10/h3-7H,2H2,1H3,(H,16,17,18). The summed E-state index contributed by atoms with van der Waals surface area (Å²) >= 11 is 4.63. The number of carbonyl (C=O) groups is 1. The lowest BCUT2D eigenvalue weighted by Gasteiger charge is -1.96. The van der Waals surface area contributed by atoms with Gasteiger partial charge in [0.2, 0.25) is 0 Å². The monoisotopic (exact) mass is 350 g/mol. The smallest absolute Gasteiger partial charge is 0.293 e. The van der Waals surface area contributed by atoms with Gasteiger partial charge in [-0.05, 0) is 52.2 Å². The fourth-order valence-electron chi connectivity index (χ4n) is 1.84. The Kier molecular flexibility index (Phi) is 3.58. The Labute approximate surface area is 127 Å². The zero-order chi connectivity index (χ0) is 14.1. The molecule has 0 aliphatic heterocycles. The zero-order valence-corrected chi connectivity index (χ0v) is 13.0. The quantitative estimate of drug-likeness (QED) is 0.758. The molecule has 0 unspecified atom stereocenters. The predicted octanol–water partition coefficient (Wildman–Crippen LogP) is 4.47. The Bertz CT molecular complexity index is 778. The minimum Gasteiger partial charge on any atom is -0.444 e. The van der Waals surface area contributed by atoms with Gasteiger partial charge in [-0.2, -0.15) is 0 Å². The van der Waals surface area contributed by atoms with Crippen molar-refractivity contribution >= 4 is 48.5 Å². The molecule has 20 heavy (non-hydrogen) atoms. The highest BCUT2D eigenvalue weighted by molar-refractivity contribution is 9.10. The molecular weight excluding hydrogens is 340 g/mol. The topological polar surface area (TPSA) is 55.1 Å². The first-order valence-electron chi connectivity index (χ1n) is 6.12. The zero-order valence-electron chi connectivity index (χ0n) is 10.6. The number of anilines is 1. The van der Waals surface area contributed by atoms with Gasteiger partial charge in [-0.15, -0.1) is 0 Å². The molecule has 3 rings (SSSR count). The van der Waals surface area contributed by atoms with E-state index in [4.69, 9.17) is 4.42 Å². The highest BCUT2D eigenvalue weighted by Crippen LogP contribution is 2.27. The molecule has 1 N–H and O–H groups in total. The van der Waals surface area contributed by atoms with E-state index in [0.29, 0.717) is 9.80 Å². The molecule has 0 spiro atoms. The summed E-state index contributed by atoms with van der Waals surface area (Å²) < 4.78 is 6.81. The van der Waals surface area contributed by atoms with Gasteiger partial charge in [-0.1, -0.05) is 24.3 Å². The van der Waals surface area contributed by atoms with Crippen molar-refractivity contribution in [3.05, 3.63) is 46.3 Å². The Balaban J connectivity index is 1.85. The van der Waals surface area contributed by atoms with Gasteiger partial charge in [0.15, 0.2) is 15.6 Å². The van der Waals surface area contributed by atoms with Gasteiger partial charge in [0, 0.05) is 0 Å². The summed E-state index contributed by atoms with van der Waals surface area (Å²) in [6.07, 6.45) is 0.982. The highest BCUT2D eigenvalue weighted by Gasteiger charge is 2.13. The number of aromatic nitrogens is 1. The van der Waals surface area contributed by atoms with Crippen LogP contribution in [0.15, 0.2) is 39.4 Å². The fourth-order valence-corrected chi connectivity index (χ4v) is 3.07. The largest absolute Gasteiger partial charge is 0.444 e. The molecule has 0 aliphatic rings. The number of aryl methyl sites for hydroxylation is 1. The lowest BCUT2D eigenvalue weighted by atomic mass is 10.2. The average molecular weight is 351 g/mol. The summed E-state index contributed by atoms with van der Waals surface area (Å²) in [5, 5.41) is 3.33. The Morgan fingerprint density at radius 2 is 2.25 bits per heavy atom. The van der Waals surface area contributed by atoms with Gasteiger partial charge in [-0.25, -0.2) is 4.98 Å². The molecule has 1 amide bonds. The van der Waals surface area contributed by atoms with Crippen LogP contribution in [0.3, 0.4) is 0 Å². The van der Waals surface area contributed by atoms with Crippen molar-refractivity contribution in [2.24, 2.45) is 0 Å². The molecular formula is C14H11BrN2O2S. The maximum atomic E-state index is 12.0. The van der Waals surface area contributed by atoms with E-state index in [1.54, 1.807) is 12.1 Å². The third-order valence-corrected chi connectivity index (χ3v) is 4.24. The Hall–Kier alpha value is -1.66. The van der Waals surface area contributed by atoms with Crippen LogP contribution in [0.5, 0.6) is 0 Å². The van der Waals surface area contributed by atoms with Crippen LogP contribution in [-0.4, -0.2) is 10.9 Å². The molecule has 3 aromatic rings. The van der Waals surface area contributed by atoms with Crippen LogP contribution in [0.1, 0.15) is 23.0 Å². The van der Waals surface area contributed by atoms with Crippen LogP contribution in [0.2, 0.25) is 0 Å². The summed E-state index contributed by atoms with van der Waals surface area (Å²) in [6.45, 7) is 2.11. The number of carbonyl (C=O) groups excluding carboxylic acids is 1. The molecule has 2 aromatic heterocycles. The minimum absolute atomic E-state index is 0.255. The summed E-state index contributed by atoms with van der Waals surface area (Å²) in [6, 6.07) is 9.43. The van der Waals surface area contributed by atoms with E-state index in [9.17, 15) is 4.79 Å². The van der Waals surface area contributed by atoms with Crippen LogP contribution in [0, 0.1) is 0 Å². The molecule has 102 valence electrons. The van der Waals surface area contributed by atoms with Crippen molar-refractivity contribution in [3.8, 4) is 0 Å². The number of thiazole rings is 1. The molecule has 6 heteroatoms. The highest BCUT2D eigenvalue weighted by atomic mass is 79.9. The van der Waals surface area contributed by atoms with Crippen molar-refractivity contribution in [3.63, 3.8) is 0 Å². The molecule has 0 saturated carbocycles. The number of furan rings is 1. The molecule has 4 nitrogen and oxygen atoms in total. The lowest BCUT2D eigenvalue weighted by Crippen LogP contribution is -2.10. The lowest BCUT2D eigenvalue weighted by molar-refractivity contribution is 0.0995. The summed E-state index contributed by atoms with van der Waals surface area (Å²) in [5.74, 6) is -0.0455. The first-order chi connectivity index (χ1) is 9.65. The first kappa shape index (κ1) is 13.3. The van der Waals surface area contributed by atoms with Gasteiger partial charge in [0.25, 0.3) is 5.91 Å². The van der Waals surface area contributed by atoms with E-state index >= 15 is 0 Å². The van der Waals surface area contributed by atoms with Gasteiger partial charge in [0.1, 0.15) is 0 Å². The van der Waals surface area contributed by atoms with Crippen molar-refractivity contribution in [1.29, 1.82) is 0 Å². The number of hydrogen-bond donors (Lipinski definition) is 1. The van der Waals surface area contributed by atoms with E-state index in [0.717, 1.165) is 16.6 Å². The molecule has 1 aromatic carbocycles. The summed E-state index contributed by atoms with van der Waals surface area (Å²) in [5.41, 5.74) is 2.15. The molecule has 0 aliphatic carbocycles. The van der Waals surface area contributed by atoms with Gasteiger partial charge < -0.3 is 4.42 Å². The fraction of sp³-hybridized carbons (Fsp3) is 0.143. The summed E-state index contributed by atoms with van der Waals surface area (Å²) in [7, 11) is 0. The number of halogens is 1. The second-order valence-corrected chi connectivity index (χ2v) is 6.04. The summed E-state index contributed by atoms with van der Waals surface area (Å²) in [4.78, 5) is 16.4.